The molecule has 0 N–H and O–H groups in total. The summed E-state index contributed by atoms with van der Waals surface area (Å²) in [5, 5.41) is 0. The lowest BCUT2D eigenvalue weighted by molar-refractivity contribution is 0.842. The predicted octanol–water partition coefficient (Wildman–Crippen LogP) is 1.22. The molecule has 0 bridgehead atoms. The van der Waals surface area contributed by atoms with Crippen LogP contribution in [0.4, 0.5) is 0 Å². The molecular formula is C7H11N2. The Labute approximate surface area is 55.5 Å². The Hall–Kier alpha value is -0.790. The van der Waals surface area contributed by atoms with E-state index in [1.807, 2.05) is 25.5 Å². The molecule has 0 spiro atoms. The number of hydrogen-bond acceptors (Lipinski definition) is 1. The smallest absolute Gasteiger partial charge is 0.105 e. The number of nitrogens with zero attached hydrogens (tertiary/aromatic N) is 2. The maximum atomic E-state index is 4.21. The molecule has 1 rings (SSSR count). The van der Waals surface area contributed by atoms with Crippen LogP contribution < -0.4 is 0 Å². The zero-order valence-corrected chi connectivity index (χ0v) is 6.10. The second-order valence-corrected chi connectivity index (χ2v) is 2.25. The van der Waals surface area contributed by atoms with E-state index in [0.29, 0.717) is 0 Å². The van der Waals surface area contributed by atoms with Crippen LogP contribution in [0.3, 0.4) is 0 Å². The van der Waals surface area contributed by atoms with Gasteiger partial charge >= 0.3 is 0 Å². The summed E-state index contributed by atoms with van der Waals surface area (Å²) in [5.41, 5.74) is 2.03. The van der Waals surface area contributed by atoms with Crippen molar-refractivity contribution >= 4 is 0 Å². The first kappa shape index (κ1) is 6.33. The lowest BCUT2D eigenvalue weighted by Crippen LogP contribution is -1.92. The molecule has 1 heterocycles. The van der Waals surface area contributed by atoms with Crippen molar-refractivity contribution in [2.75, 3.05) is 0 Å². The first-order valence-corrected chi connectivity index (χ1v) is 2.95. The van der Waals surface area contributed by atoms with Crippen molar-refractivity contribution in [3.63, 3.8) is 0 Å². The summed E-state index contributed by atoms with van der Waals surface area (Å²) < 4.78 is 1.98. The van der Waals surface area contributed by atoms with E-state index < -0.39 is 0 Å². The summed E-state index contributed by atoms with van der Waals surface area (Å²) in [6, 6.07) is 0. The van der Waals surface area contributed by atoms with Gasteiger partial charge in [0, 0.05) is 12.7 Å². The van der Waals surface area contributed by atoms with Crippen LogP contribution in [0.25, 0.3) is 0 Å². The van der Waals surface area contributed by atoms with Gasteiger partial charge in [0.2, 0.25) is 0 Å². The molecule has 0 fully saturated rings. The molecule has 49 valence electrons. The predicted molar refractivity (Wildman–Crippen MR) is 37.1 cm³/mol. The minimum absolute atomic E-state index is 1.01. The molecule has 0 aliphatic heterocycles. The summed E-state index contributed by atoms with van der Waals surface area (Å²) in [7, 11) is 1.97. The van der Waals surface area contributed by atoms with Gasteiger partial charge in [0.25, 0.3) is 0 Å². The number of aromatic nitrogens is 2. The fourth-order valence-electron chi connectivity index (χ4n) is 0.820. The Morgan fingerprint density at radius 2 is 2.00 bits per heavy atom. The van der Waals surface area contributed by atoms with Crippen LogP contribution in [-0.4, -0.2) is 9.55 Å². The third kappa shape index (κ3) is 0.846. The summed E-state index contributed by atoms with van der Waals surface area (Å²) in [6.45, 7) is 7.78. The maximum absolute atomic E-state index is 4.21. The third-order valence-electron chi connectivity index (χ3n) is 1.64. The quantitative estimate of drug-likeness (QED) is 0.507. The number of aryl methyl sites for hydroxylation is 2. The Bertz CT molecular complexity index is 201. The lowest BCUT2D eigenvalue weighted by Gasteiger charge is -1.94. The number of hydrogen-bond donors (Lipinski definition) is 0. The molecule has 2 heteroatoms. The highest BCUT2D eigenvalue weighted by atomic mass is 15.1. The van der Waals surface area contributed by atoms with E-state index in [0.717, 1.165) is 17.2 Å². The average molecular weight is 123 g/mol. The lowest BCUT2D eigenvalue weighted by atomic mass is 10.4. The van der Waals surface area contributed by atoms with E-state index in [9.17, 15) is 0 Å². The van der Waals surface area contributed by atoms with E-state index in [1.54, 1.807) is 0 Å². The van der Waals surface area contributed by atoms with Gasteiger partial charge in [-0.05, 0) is 20.8 Å². The van der Waals surface area contributed by atoms with Gasteiger partial charge in [-0.15, -0.1) is 0 Å². The molecule has 2 nitrogen and oxygen atoms in total. The molecule has 1 aromatic rings. The second-order valence-electron chi connectivity index (χ2n) is 2.25. The van der Waals surface area contributed by atoms with Crippen LogP contribution in [0.1, 0.15) is 17.2 Å². The molecule has 0 saturated carbocycles. The van der Waals surface area contributed by atoms with Crippen LogP contribution in [0.2, 0.25) is 0 Å². The van der Waals surface area contributed by atoms with E-state index in [-0.39, 0.29) is 0 Å². The first-order valence-electron chi connectivity index (χ1n) is 2.95. The van der Waals surface area contributed by atoms with E-state index in [2.05, 4.69) is 11.9 Å². The second kappa shape index (κ2) is 1.87. The van der Waals surface area contributed by atoms with Gasteiger partial charge in [-0.25, -0.2) is 4.98 Å². The highest BCUT2D eigenvalue weighted by molar-refractivity contribution is 5.17. The van der Waals surface area contributed by atoms with Crippen LogP contribution in [0, 0.1) is 20.8 Å². The van der Waals surface area contributed by atoms with Crippen molar-refractivity contribution in [2.45, 2.75) is 13.8 Å². The van der Waals surface area contributed by atoms with Crippen molar-refractivity contribution in [3.05, 3.63) is 24.1 Å². The monoisotopic (exact) mass is 123 g/mol. The molecule has 1 radical (unpaired) electrons. The van der Waals surface area contributed by atoms with E-state index in [1.165, 1.54) is 0 Å². The SMILES string of the molecule is [CH2]c1c(C)nc(C)n1C. The normalized spacial score (nSPS) is 10.2. The molecule has 0 aliphatic carbocycles. The van der Waals surface area contributed by atoms with Crippen LogP contribution in [0.5, 0.6) is 0 Å². The Morgan fingerprint density at radius 1 is 1.44 bits per heavy atom. The fourth-order valence-corrected chi connectivity index (χ4v) is 0.820. The van der Waals surface area contributed by atoms with Gasteiger partial charge in [0.15, 0.2) is 0 Å². The summed E-state index contributed by atoms with van der Waals surface area (Å²) in [4.78, 5) is 4.21. The van der Waals surface area contributed by atoms with Crippen molar-refractivity contribution in [2.24, 2.45) is 7.05 Å². The largest absolute Gasteiger partial charge is 0.335 e. The third-order valence-corrected chi connectivity index (χ3v) is 1.64. The molecule has 1 aromatic heterocycles. The maximum Gasteiger partial charge on any atom is 0.105 e. The van der Waals surface area contributed by atoms with Gasteiger partial charge in [-0.2, -0.15) is 0 Å². The highest BCUT2D eigenvalue weighted by Crippen LogP contribution is 2.05. The zero-order chi connectivity index (χ0) is 7.02. The van der Waals surface area contributed by atoms with Crippen molar-refractivity contribution in [1.29, 1.82) is 0 Å². The summed E-state index contributed by atoms with van der Waals surface area (Å²) >= 11 is 0. The molecule has 0 saturated heterocycles. The molecular weight excluding hydrogens is 112 g/mol. The van der Waals surface area contributed by atoms with Gasteiger partial charge < -0.3 is 4.57 Å². The highest BCUT2D eigenvalue weighted by Gasteiger charge is 2.00. The van der Waals surface area contributed by atoms with Crippen LogP contribution >= 0.6 is 0 Å². The molecule has 0 amide bonds. The summed E-state index contributed by atoms with van der Waals surface area (Å²) in [5.74, 6) is 1.03. The fraction of sp³-hybridized carbons (Fsp3) is 0.429. The minimum atomic E-state index is 1.01. The molecule has 9 heavy (non-hydrogen) atoms. The molecule has 0 aromatic carbocycles. The standard InChI is InChI=1S/C7H11N2/c1-5-6(2)9(4)7(3)8-5/h2H2,1,3-4H3. The minimum Gasteiger partial charge on any atom is -0.335 e. The number of rotatable bonds is 0. The van der Waals surface area contributed by atoms with Gasteiger partial charge in [-0.1, -0.05) is 0 Å². The van der Waals surface area contributed by atoms with Crippen LogP contribution in [0.15, 0.2) is 0 Å². The van der Waals surface area contributed by atoms with Gasteiger partial charge in [0.05, 0.1) is 5.69 Å². The Morgan fingerprint density at radius 3 is 2.11 bits per heavy atom. The van der Waals surface area contributed by atoms with Crippen LogP contribution in [-0.2, 0) is 7.05 Å². The molecule has 0 unspecified atom stereocenters. The van der Waals surface area contributed by atoms with Crippen molar-refractivity contribution in [3.8, 4) is 0 Å². The topological polar surface area (TPSA) is 17.8 Å². The van der Waals surface area contributed by atoms with E-state index in [4.69, 9.17) is 0 Å². The van der Waals surface area contributed by atoms with Gasteiger partial charge in [-0.3, -0.25) is 0 Å². The Balaban J connectivity index is 3.29. The first-order chi connectivity index (χ1) is 4.13. The summed E-state index contributed by atoms with van der Waals surface area (Å²) in [6.07, 6.45) is 0. The van der Waals surface area contributed by atoms with E-state index >= 15 is 0 Å². The van der Waals surface area contributed by atoms with Gasteiger partial charge in [0.1, 0.15) is 5.82 Å². The number of imidazole rings is 1. The Kier molecular flexibility index (Phi) is 1.31. The zero-order valence-electron chi connectivity index (χ0n) is 6.10. The van der Waals surface area contributed by atoms with Crippen molar-refractivity contribution < 1.29 is 0 Å². The van der Waals surface area contributed by atoms with Crippen molar-refractivity contribution in [1.82, 2.24) is 9.55 Å². The molecule has 0 atom stereocenters. The molecule has 0 aliphatic rings. The average Bonchev–Trinajstić information content (AvgIpc) is 1.98.